The highest BCUT2D eigenvalue weighted by molar-refractivity contribution is 7.90. The first-order valence-electron chi connectivity index (χ1n) is 9.37. The van der Waals surface area contributed by atoms with Gasteiger partial charge in [-0.1, -0.05) is 12.1 Å². The topological polar surface area (TPSA) is 119 Å². The van der Waals surface area contributed by atoms with E-state index in [0.717, 1.165) is 11.2 Å². The molecular weight excluding hydrogens is 460 g/mol. The van der Waals surface area contributed by atoms with E-state index in [1.54, 1.807) is 12.1 Å². The summed E-state index contributed by atoms with van der Waals surface area (Å²) in [6.45, 7) is 0. The number of amides is 3. The van der Waals surface area contributed by atoms with Gasteiger partial charge in [0.25, 0.3) is 11.8 Å². The van der Waals surface area contributed by atoms with E-state index in [2.05, 4.69) is 5.32 Å². The second-order valence-corrected chi connectivity index (χ2v) is 9.56. The number of benzene rings is 2. The van der Waals surface area contributed by atoms with Crippen molar-refractivity contribution in [3.05, 3.63) is 53.1 Å². The summed E-state index contributed by atoms with van der Waals surface area (Å²) in [5.41, 5.74) is 0.532. The molecule has 0 radical (unpaired) electrons. The number of nitrogens with one attached hydrogen (secondary N) is 1. The number of hydrogen-bond donors (Lipinski definition) is 1. The molecule has 0 spiro atoms. The Balaban J connectivity index is 2.12. The number of ether oxygens (including phenoxy) is 2. The molecule has 3 amide bonds. The molecule has 32 heavy (non-hydrogen) atoms. The number of sulfone groups is 1. The summed E-state index contributed by atoms with van der Waals surface area (Å²) >= 11 is 5.54. The van der Waals surface area contributed by atoms with Crippen molar-refractivity contribution in [2.24, 2.45) is 0 Å². The molecule has 0 bridgehead atoms. The van der Waals surface area contributed by atoms with Crippen LogP contribution in [-0.4, -0.2) is 63.1 Å². The zero-order chi connectivity index (χ0) is 23.6. The second-order valence-electron chi connectivity index (χ2n) is 7.11. The van der Waals surface area contributed by atoms with Crippen molar-refractivity contribution in [3.63, 3.8) is 0 Å². The van der Waals surface area contributed by atoms with Crippen molar-refractivity contribution in [2.45, 2.75) is 6.04 Å². The molecule has 11 heteroatoms. The predicted molar refractivity (Wildman–Crippen MR) is 118 cm³/mol. The standard InChI is InChI=1S/C21H21ClN2O7S/c1-30-16-8-7-12(9-17(16)31-2)15(11-32(3,28)29)24-20(26)13-5-4-6-14(19(13)21(24)27)23-18(25)10-22/h4-9,15H,10-11H2,1-3H3,(H,23,25). The highest BCUT2D eigenvalue weighted by Gasteiger charge is 2.43. The van der Waals surface area contributed by atoms with Crippen LogP contribution in [0.3, 0.4) is 0 Å². The molecule has 9 nitrogen and oxygen atoms in total. The van der Waals surface area contributed by atoms with E-state index >= 15 is 0 Å². The van der Waals surface area contributed by atoms with Gasteiger partial charge in [-0.3, -0.25) is 19.3 Å². The van der Waals surface area contributed by atoms with Gasteiger partial charge in [0.05, 0.1) is 42.8 Å². The quantitative estimate of drug-likeness (QED) is 0.454. The Morgan fingerprint density at radius 3 is 2.38 bits per heavy atom. The number of nitrogens with zero attached hydrogens (tertiary/aromatic N) is 1. The van der Waals surface area contributed by atoms with Crippen LogP contribution < -0.4 is 14.8 Å². The average molecular weight is 481 g/mol. The molecule has 170 valence electrons. The van der Waals surface area contributed by atoms with E-state index in [9.17, 15) is 22.8 Å². The molecule has 2 aromatic carbocycles. The summed E-state index contributed by atoms with van der Waals surface area (Å²) in [7, 11) is -0.748. The SMILES string of the molecule is COc1ccc(C(CS(C)(=O)=O)N2C(=O)c3cccc(NC(=O)CCl)c3C2=O)cc1OC. The molecule has 0 saturated carbocycles. The number of imide groups is 1. The number of methoxy groups -OCH3 is 2. The van der Waals surface area contributed by atoms with Gasteiger partial charge in [-0.05, 0) is 29.8 Å². The van der Waals surface area contributed by atoms with E-state index < -0.39 is 39.4 Å². The largest absolute Gasteiger partial charge is 0.493 e. The summed E-state index contributed by atoms with van der Waals surface area (Å²) in [6, 6.07) is 7.95. The number of halogens is 1. The zero-order valence-electron chi connectivity index (χ0n) is 17.5. The van der Waals surface area contributed by atoms with Crippen LogP contribution in [0.4, 0.5) is 5.69 Å². The Morgan fingerprint density at radius 2 is 1.78 bits per heavy atom. The maximum atomic E-state index is 13.3. The lowest BCUT2D eigenvalue weighted by Gasteiger charge is -2.26. The van der Waals surface area contributed by atoms with Crippen LogP contribution in [0.25, 0.3) is 0 Å². The van der Waals surface area contributed by atoms with Crippen LogP contribution in [0.15, 0.2) is 36.4 Å². The van der Waals surface area contributed by atoms with Crippen LogP contribution in [-0.2, 0) is 14.6 Å². The van der Waals surface area contributed by atoms with E-state index in [4.69, 9.17) is 21.1 Å². The maximum absolute atomic E-state index is 13.3. The van der Waals surface area contributed by atoms with Crippen molar-refractivity contribution >= 4 is 44.8 Å². The monoisotopic (exact) mass is 480 g/mol. The van der Waals surface area contributed by atoms with Crippen molar-refractivity contribution in [2.75, 3.05) is 37.4 Å². The minimum Gasteiger partial charge on any atom is -0.493 e. The lowest BCUT2D eigenvalue weighted by atomic mass is 10.1. The molecule has 1 heterocycles. The summed E-state index contributed by atoms with van der Waals surface area (Å²) in [5.74, 6) is -2.06. The number of carbonyl (C=O) groups excluding carboxylic acids is 3. The molecule has 1 aliphatic heterocycles. The molecule has 1 atom stereocenters. The lowest BCUT2D eigenvalue weighted by molar-refractivity contribution is -0.113. The molecule has 1 N–H and O–H groups in total. The Labute approximate surface area is 190 Å². The fourth-order valence-corrected chi connectivity index (χ4v) is 4.52. The van der Waals surface area contributed by atoms with E-state index in [1.807, 2.05) is 0 Å². The number of hydrogen-bond acceptors (Lipinski definition) is 7. The van der Waals surface area contributed by atoms with Gasteiger partial charge in [0, 0.05) is 6.26 Å². The maximum Gasteiger partial charge on any atom is 0.264 e. The van der Waals surface area contributed by atoms with Gasteiger partial charge in [-0.25, -0.2) is 8.42 Å². The summed E-state index contributed by atoms with van der Waals surface area (Å²) in [6.07, 6.45) is 1.02. The Hall–Kier alpha value is -3.11. The van der Waals surface area contributed by atoms with Gasteiger partial charge in [0.2, 0.25) is 5.91 Å². The van der Waals surface area contributed by atoms with E-state index in [0.29, 0.717) is 17.1 Å². The van der Waals surface area contributed by atoms with Crippen LogP contribution in [0, 0.1) is 0 Å². The molecular formula is C21H21ClN2O7S. The van der Waals surface area contributed by atoms with E-state index in [1.165, 1.54) is 38.5 Å². The van der Waals surface area contributed by atoms with E-state index in [-0.39, 0.29) is 22.7 Å². The average Bonchev–Trinajstić information content (AvgIpc) is 3.01. The van der Waals surface area contributed by atoms with Gasteiger partial charge >= 0.3 is 0 Å². The molecule has 1 unspecified atom stereocenters. The Bertz CT molecular complexity index is 1200. The fraction of sp³-hybridized carbons (Fsp3) is 0.286. The number of rotatable bonds is 8. The minimum atomic E-state index is -3.62. The zero-order valence-corrected chi connectivity index (χ0v) is 19.1. The first-order chi connectivity index (χ1) is 15.1. The Morgan fingerprint density at radius 1 is 1.09 bits per heavy atom. The summed E-state index contributed by atoms with van der Waals surface area (Å²) in [5, 5.41) is 2.50. The molecule has 0 fully saturated rings. The normalized spacial score (nSPS) is 14.2. The highest BCUT2D eigenvalue weighted by Crippen LogP contribution is 2.38. The summed E-state index contributed by atoms with van der Waals surface area (Å²) < 4.78 is 34.9. The van der Waals surface area contributed by atoms with Gasteiger partial charge < -0.3 is 14.8 Å². The first kappa shape index (κ1) is 23.6. The Kier molecular flexibility index (Phi) is 6.75. The van der Waals surface area contributed by atoms with Gasteiger partial charge in [-0.2, -0.15) is 0 Å². The molecule has 0 aliphatic carbocycles. The third kappa shape index (κ3) is 4.56. The minimum absolute atomic E-state index is 0.0186. The number of carbonyl (C=O) groups is 3. The molecule has 0 saturated heterocycles. The highest BCUT2D eigenvalue weighted by atomic mass is 35.5. The first-order valence-corrected chi connectivity index (χ1v) is 12.0. The van der Waals surface area contributed by atoms with Crippen LogP contribution in [0.5, 0.6) is 11.5 Å². The smallest absolute Gasteiger partial charge is 0.264 e. The van der Waals surface area contributed by atoms with Crippen molar-refractivity contribution in [3.8, 4) is 11.5 Å². The number of anilines is 1. The van der Waals surface area contributed by atoms with Crippen LogP contribution >= 0.6 is 11.6 Å². The third-order valence-corrected chi connectivity index (χ3v) is 6.07. The predicted octanol–water partition coefficient (Wildman–Crippen LogP) is 2.26. The molecule has 1 aliphatic rings. The summed E-state index contributed by atoms with van der Waals surface area (Å²) in [4.78, 5) is 39.2. The van der Waals surface area contributed by atoms with Gasteiger partial charge in [-0.15, -0.1) is 11.6 Å². The van der Waals surface area contributed by atoms with Gasteiger partial charge in [0.1, 0.15) is 15.7 Å². The van der Waals surface area contributed by atoms with Crippen LogP contribution in [0.2, 0.25) is 0 Å². The van der Waals surface area contributed by atoms with Crippen molar-refractivity contribution < 1.29 is 32.3 Å². The van der Waals surface area contributed by atoms with Crippen LogP contribution in [0.1, 0.15) is 32.3 Å². The van der Waals surface area contributed by atoms with Crippen molar-refractivity contribution in [1.29, 1.82) is 0 Å². The van der Waals surface area contributed by atoms with Crippen molar-refractivity contribution in [1.82, 2.24) is 4.90 Å². The fourth-order valence-electron chi connectivity index (χ4n) is 3.54. The number of alkyl halides is 1. The lowest BCUT2D eigenvalue weighted by Crippen LogP contribution is -2.37. The third-order valence-electron chi connectivity index (χ3n) is 4.91. The number of fused-ring (bicyclic) bond motifs is 1. The second kappa shape index (κ2) is 9.17. The molecule has 2 aromatic rings. The molecule has 0 aromatic heterocycles. The van der Waals surface area contributed by atoms with Gasteiger partial charge in [0.15, 0.2) is 11.5 Å². The molecule has 3 rings (SSSR count).